The van der Waals surface area contributed by atoms with Crippen LogP contribution in [0, 0.1) is 10.8 Å². The Morgan fingerprint density at radius 3 is 1.63 bits per heavy atom. The Labute approximate surface area is 251 Å². The Bertz CT molecular complexity index is 1300. The number of hydrogen-bond acceptors (Lipinski definition) is 1. The normalized spacial score (nSPS) is 23.1. The fourth-order valence-electron chi connectivity index (χ4n) is 5.57. The molecule has 0 amide bonds. The van der Waals surface area contributed by atoms with Crippen molar-refractivity contribution in [1.29, 1.82) is 0 Å². The van der Waals surface area contributed by atoms with Crippen LogP contribution in [0.5, 0.6) is 0 Å². The summed E-state index contributed by atoms with van der Waals surface area (Å²) < 4.78 is 0. The zero-order chi connectivity index (χ0) is 30.6. The molecule has 0 aliphatic heterocycles. The lowest BCUT2D eigenvalue weighted by molar-refractivity contribution is 0.116. The highest BCUT2D eigenvalue weighted by Gasteiger charge is 2.31. The maximum Gasteiger partial charge on any atom is 0.0585 e. The van der Waals surface area contributed by atoms with Crippen LogP contribution >= 0.6 is 0 Å². The molecular formula is C40H54O. The first-order valence-electron chi connectivity index (χ1n) is 15.1. The zero-order valence-electron chi connectivity index (χ0n) is 27.4. The average Bonchev–Trinajstić information content (AvgIpc) is 2.84. The topological polar surface area (TPSA) is 20.2 Å². The van der Waals surface area contributed by atoms with Gasteiger partial charge in [0, 0.05) is 0 Å². The highest BCUT2D eigenvalue weighted by molar-refractivity contribution is 5.42. The van der Waals surface area contributed by atoms with E-state index in [1.807, 2.05) is 0 Å². The van der Waals surface area contributed by atoms with Gasteiger partial charge in [-0.15, -0.1) is 0 Å². The quantitative estimate of drug-likeness (QED) is 0.268. The second-order valence-electron chi connectivity index (χ2n) is 13.1. The highest BCUT2D eigenvalue weighted by Crippen LogP contribution is 2.41. The van der Waals surface area contributed by atoms with Crippen LogP contribution in [0.4, 0.5) is 0 Å². The van der Waals surface area contributed by atoms with Crippen LogP contribution in [0.15, 0.2) is 142 Å². The average molecular weight is 551 g/mol. The number of rotatable bonds is 10. The molecular weight excluding hydrogens is 496 g/mol. The largest absolute Gasteiger partial charge is 0.393 e. The minimum absolute atomic E-state index is 0.0110. The van der Waals surface area contributed by atoms with Gasteiger partial charge in [0.1, 0.15) is 0 Å². The molecule has 1 N–H and O–H groups in total. The predicted octanol–water partition coefficient (Wildman–Crippen LogP) is 11.4. The molecule has 1 heteroatoms. The van der Waals surface area contributed by atoms with E-state index in [1.54, 1.807) is 0 Å². The summed E-state index contributed by atoms with van der Waals surface area (Å²) in [5.74, 6) is 0. The molecule has 0 bridgehead atoms. The number of hydrogen-bond donors (Lipinski definition) is 1. The van der Waals surface area contributed by atoms with Crippen molar-refractivity contribution in [1.82, 2.24) is 0 Å². The third-order valence-electron chi connectivity index (χ3n) is 7.92. The van der Waals surface area contributed by atoms with E-state index in [-0.39, 0.29) is 16.9 Å². The van der Waals surface area contributed by atoms with E-state index < -0.39 is 0 Å². The van der Waals surface area contributed by atoms with Gasteiger partial charge in [0.2, 0.25) is 0 Å². The molecule has 0 aromatic heterocycles. The minimum atomic E-state index is -0.222. The van der Waals surface area contributed by atoms with Gasteiger partial charge in [-0.3, -0.25) is 0 Å². The number of aliphatic hydroxyl groups excluding tert-OH is 1. The van der Waals surface area contributed by atoms with Crippen molar-refractivity contribution >= 4 is 0 Å². The molecule has 0 saturated heterocycles. The first kappa shape index (κ1) is 34.0. The Morgan fingerprint density at radius 1 is 0.683 bits per heavy atom. The van der Waals surface area contributed by atoms with Gasteiger partial charge in [-0.25, -0.2) is 0 Å². The maximum absolute atomic E-state index is 10.1. The van der Waals surface area contributed by atoms with E-state index in [2.05, 4.69) is 166 Å². The van der Waals surface area contributed by atoms with Crippen molar-refractivity contribution in [3.63, 3.8) is 0 Å². The summed E-state index contributed by atoms with van der Waals surface area (Å²) in [6.45, 7) is 21.9. The second kappa shape index (κ2) is 15.7. The zero-order valence-corrected chi connectivity index (χ0v) is 27.4. The smallest absolute Gasteiger partial charge is 0.0585 e. The van der Waals surface area contributed by atoms with E-state index in [9.17, 15) is 5.11 Å². The summed E-state index contributed by atoms with van der Waals surface area (Å²) in [5, 5.41) is 10.1. The van der Waals surface area contributed by atoms with Gasteiger partial charge in [-0.1, -0.05) is 153 Å². The van der Waals surface area contributed by atoms with Gasteiger partial charge in [-0.05, 0) is 88.4 Å². The SMILES string of the molecule is CC1=C(/C=C/C(C)=C/C=C/C(C)=C/C=C/C=C(C)/C=C/C=C(C)/C=C/C2=C(C)C[C@@H](O)CC2(C)C)C(C)(C)CC=C1. The van der Waals surface area contributed by atoms with Gasteiger partial charge in [0.25, 0.3) is 0 Å². The third kappa shape index (κ3) is 11.7. The molecule has 0 unspecified atom stereocenters. The Kier molecular flexibility index (Phi) is 13.1. The molecule has 1 nitrogen and oxygen atoms in total. The Balaban J connectivity index is 1.90. The van der Waals surface area contributed by atoms with Crippen LogP contribution in [0.25, 0.3) is 0 Å². The van der Waals surface area contributed by atoms with Gasteiger partial charge in [0.05, 0.1) is 6.10 Å². The lowest BCUT2D eigenvalue weighted by Gasteiger charge is -2.35. The molecule has 220 valence electrons. The van der Waals surface area contributed by atoms with Crippen LogP contribution < -0.4 is 0 Å². The summed E-state index contributed by atoms with van der Waals surface area (Å²) in [5.41, 5.74) is 10.5. The van der Waals surface area contributed by atoms with E-state index in [1.165, 1.54) is 44.6 Å². The minimum Gasteiger partial charge on any atom is -0.393 e. The Morgan fingerprint density at radius 2 is 1.15 bits per heavy atom. The molecule has 0 radical (unpaired) electrons. The lowest BCUT2D eigenvalue weighted by atomic mass is 9.71. The highest BCUT2D eigenvalue weighted by atomic mass is 16.3. The third-order valence-corrected chi connectivity index (χ3v) is 7.92. The van der Waals surface area contributed by atoms with Crippen molar-refractivity contribution in [3.8, 4) is 0 Å². The molecule has 0 aromatic carbocycles. The number of allylic oxidation sites excluding steroid dienone is 23. The second-order valence-corrected chi connectivity index (χ2v) is 13.1. The van der Waals surface area contributed by atoms with Crippen molar-refractivity contribution in [3.05, 3.63) is 142 Å². The monoisotopic (exact) mass is 550 g/mol. The standard InChI is InChI=1S/C40H54O/c1-30(18-13-20-32(3)23-25-37-34(5)22-15-27-39(37,7)8)16-11-12-17-31(2)19-14-21-33(4)24-26-38-35(6)28-36(41)29-40(38,9)10/h11-26,36,41H,27-29H2,1-10H3/b12-11+,18-13+,19-14+,25-23+,26-24+,30-16+,31-17+,32-20+,33-21+/t36-/m1/s1. The van der Waals surface area contributed by atoms with E-state index >= 15 is 0 Å². The summed E-state index contributed by atoms with van der Waals surface area (Å²) in [4.78, 5) is 0. The fourth-order valence-corrected chi connectivity index (χ4v) is 5.57. The molecule has 2 rings (SSSR count). The van der Waals surface area contributed by atoms with Gasteiger partial charge >= 0.3 is 0 Å². The molecule has 0 heterocycles. The van der Waals surface area contributed by atoms with E-state index in [0.29, 0.717) is 0 Å². The van der Waals surface area contributed by atoms with E-state index in [0.717, 1.165) is 19.3 Å². The molecule has 0 spiro atoms. The van der Waals surface area contributed by atoms with Gasteiger partial charge in [-0.2, -0.15) is 0 Å². The molecule has 0 saturated carbocycles. The maximum atomic E-state index is 10.1. The van der Waals surface area contributed by atoms with Crippen LogP contribution in [0.2, 0.25) is 0 Å². The lowest BCUT2D eigenvalue weighted by Crippen LogP contribution is -2.28. The molecule has 2 aliphatic rings. The molecule has 0 fully saturated rings. The van der Waals surface area contributed by atoms with Crippen molar-refractivity contribution in [2.24, 2.45) is 10.8 Å². The summed E-state index contributed by atoms with van der Waals surface area (Å²) in [6.07, 6.45) is 37.1. The fraction of sp³-hybridized carbons (Fsp3) is 0.400. The van der Waals surface area contributed by atoms with Gasteiger partial charge in [0.15, 0.2) is 0 Å². The van der Waals surface area contributed by atoms with Crippen LogP contribution in [-0.2, 0) is 0 Å². The van der Waals surface area contributed by atoms with Crippen LogP contribution in [0.3, 0.4) is 0 Å². The van der Waals surface area contributed by atoms with Crippen molar-refractivity contribution in [2.45, 2.75) is 94.6 Å². The van der Waals surface area contributed by atoms with Crippen LogP contribution in [0.1, 0.15) is 88.5 Å². The molecule has 1 atom stereocenters. The molecule has 2 aliphatic carbocycles. The van der Waals surface area contributed by atoms with Crippen molar-refractivity contribution < 1.29 is 5.11 Å². The van der Waals surface area contributed by atoms with Gasteiger partial charge < -0.3 is 5.11 Å². The summed E-state index contributed by atoms with van der Waals surface area (Å²) in [7, 11) is 0. The summed E-state index contributed by atoms with van der Waals surface area (Å²) >= 11 is 0. The van der Waals surface area contributed by atoms with Crippen molar-refractivity contribution in [2.75, 3.05) is 0 Å². The van der Waals surface area contributed by atoms with E-state index in [4.69, 9.17) is 0 Å². The first-order valence-corrected chi connectivity index (χ1v) is 15.1. The molecule has 0 aromatic rings. The first-order chi connectivity index (χ1) is 19.2. The predicted molar refractivity (Wildman–Crippen MR) is 183 cm³/mol. The van der Waals surface area contributed by atoms with Crippen LogP contribution in [-0.4, -0.2) is 11.2 Å². The number of aliphatic hydroxyl groups is 1. The Hall–Kier alpha value is -3.16. The molecule has 41 heavy (non-hydrogen) atoms. The summed E-state index contributed by atoms with van der Waals surface area (Å²) in [6, 6.07) is 0.